The molecule has 1 amide bonds. The Morgan fingerprint density at radius 3 is 2.55 bits per heavy atom. The molecule has 0 radical (unpaired) electrons. The van der Waals surface area contributed by atoms with Crippen LogP contribution in [0.4, 0.5) is 10.8 Å². The fourth-order valence-electron chi connectivity index (χ4n) is 2.48. The van der Waals surface area contributed by atoms with Crippen molar-refractivity contribution in [2.45, 2.75) is 5.22 Å². The number of amides is 1. The van der Waals surface area contributed by atoms with Gasteiger partial charge in [0, 0.05) is 33.1 Å². The monoisotopic (exact) mass is 517 g/mol. The minimum atomic E-state index is -0.459. The largest absolute Gasteiger partial charge is 0.411 e. The van der Waals surface area contributed by atoms with Crippen LogP contribution >= 0.6 is 39.0 Å². The van der Waals surface area contributed by atoms with Crippen LogP contribution in [0.2, 0.25) is 0 Å². The number of aromatic nitrogens is 3. The van der Waals surface area contributed by atoms with Gasteiger partial charge in [-0.15, -0.1) is 21.5 Å². The fraction of sp³-hybridized carbons (Fsp3) is 0.0526. The lowest BCUT2D eigenvalue weighted by Crippen LogP contribution is -2.13. The standard InChI is InChI=1S/C19H12BrN5O4S2/c20-13-5-1-12(2-6-13)17-23-24-19(29-17)31-10-16(26)22-18-21-15(9-30-18)11-3-7-14(8-4-11)25(27)28/h1-9H,10H2,(H,21,22,26). The zero-order valence-electron chi connectivity index (χ0n) is 15.5. The molecule has 2 aromatic heterocycles. The number of carbonyl (C=O) groups is 1. The van der Waals surface area contributed by atoms with Gasteiger partial charge in [0.25, 0.3) is 10.9 Å². The zero-order valence-corrected chi connectivity index (χ0v) is 18.7. The van der Waals surface area contributed by atoms with Crippen LogP contribution in [0.15, 0.2) is 68.0 Å². The van der Waals surface area contributed by atoms with Crippen LogP contribution in [0, 0.1) is 10.1 Å². The Hall–Kier alpha value is -3.09. The first-order valence-electron chi connectivity index (χ1n) is 8.70. The molecule has 2 aromatic carbocycles. The SMILES string of the molecule is O=C(CSc1nnc(-c2ccc(Br)cc2)o1)Nc1nc(-c2ccc([N+](=O)[O-])cc2)cs1. The molecule has 2 heterocycles. The van der Waals surface area contributed by atoms with Crippen molar-refractivity contribution < 1.29 is 14.1 Å². The van der Waals surface area contributed by atoms with Gasteiger partial charge in [0.15, 0.2) is 5.13 Å². The van der Waals surface area contributed by atoms with E-state index in [1.54, 1.807) is 17.5 Å². The molecule has 1 N–H and O–H groups in total. The highest BCUT2D eigenvalue weighted by Gasteiger charge is 2.13. The number of thioether (sulfide) groups is 1. The summed E-state index contributed by atoms with van der Waals surface area (Å²) in [6, 6.07) is 13.5. The summed E-state index contributed by atoms with van der Waals surface area (Å²) in [5.74, 6) is 0.190. The Labute approximate surface area is 192 Å². The van der Waals surface area contributed by atoms with Gasteiger partial charge in [0.1, 0.15) is 0 Å². The number of thiazole rings is 1. The van der Waals surface area contributed by atoms with Gasteiger partial charge < -0.3 is 9.73 Å². The first-order valence-corrected chi connectivity index (χ1v) is 11.4. The van der Waals surface area contributed by atoms with Crippen LogP contribution in [0.1, 0.15) is 0 Å². The Kier molecular flexibility index (Phi) is 6.39. The number of nitrogens with one attached hydrogen (secondary N) is 1. The van der Waals surface area contributed by atoms with Crippen LogP contribution in [0.25, 0.3) is 22.7 Å². The molecule has 156 valence electrons. The second-order valence-electron chi connectivity index (χ2n) is 6.06. The van der Waals surface area contributed by atoms with Crippen LogP contribution in [0.3, 0.4) is 0 Å². The van der Waals surface area contributed by atoms with E-state index in [1.807, 2.05) is 24.3 Å². The molecule has 0 bridgehead atoms. The number of hydrogen-bond donors (Lipinski definition) is 1. The predicted octanol–water partition coefficient (Wildman–Crippen LogP) is 5.26. The van der Waals surface area contributed by atoms with E-state index in [-0.39, 0.29) is 17.3 Å². The molecule has 0 aliphatic carbocycles. The number of benzene rings is 2. The summed E-state index contributed by atoms with van der Waals surface area (Å²) in [5.41, 5.74) is 2.14. The molecule has 4 rings (SSSR count). The molecule has 31 heavy (non-hydrogen) atoms. The molecule has 0 aliphatic heterocycles. The summed E-state index contributed by atoms with van der Waals surface area (Å²) in [4.78, 5) is 26.9. The minimum absolute atomic E-state index is 0.00819. The van der Waals surface area contributed by atoms with Crippen LogP contribution in [0.5, 0.6) is 0 Å². The number of anilines is 1. The number of nitrogens with zero attached hydrogens (tertiary/aromatic N) is 4. The molecule has 0 aliphatic rings. The molecular weight excluding hydrogens is 506 g/mol. The van der Waals surface area contributed by atoms with Crippen molar-refractivity contribution in [3.63, 3.8) is 0 Å². The Balaban J connectivity index is 1.32. The van der Waals surface area contributed by atoms with Gasteiger partial charge in [0.05, 0.1) is 16.4 Å². The summed E-state index contributed by atoms with van der Waals surface area (Å²) in [6.07, 6.45) is 0. The molecule has 12 heteroatoms. The summed E-state index contributed by atoms with van der Waals surface area (Å²) < 4.78 is 6.53. The van der Waals surface area contributed by atoms with E-state index in [1.165, 1.54) is 23.5 Å². The van der Waals surface area contributed by atoms with Crippen molar-refractivity contribution in [1.82, 2.24) is 15.2 Å². The van der Waals surface area contributed by atoms with E-state index >= 15 is 0 Å². The van der Waals surface area contributed by atoms with E-state index in [0.717, 1.165) is 27.4 Å². The van der Waals surface area contributed by atoms with E-state index in [2.05, 4.69) is 36.4 Å². The number of nitro groups is 1. The average molecular weight is 518 g/mol. The molecule has 0 fully saturated rings. The first-order chi connectivity index (χ1) is 15.0. The topological polar surface area (TPSA) is 124 Å². The number of non-ortho nitro benzene ring substituents is 1. The van der Waals surface area contributed by atoms with Crippen LogP contribution in [-0.4, -0.2) is 31.8 Å². The number of nitro benzene ring substituents is 1. The Morgan fingerprint density at radius 1 is 1.13 bits per heavy atom. The van der Waals surface area contributed by atoms with Gasteiger partial charge in [0.2, 0.25) is 11.8 Å². The normalized spacial score (nSPS) is 10.7. The summed E-state index contributed by atoms with van der Waals surface area (Å²) in [5, 5.41) is 23.9. The quantitative estimate of drug-likeness (QED) is 0.200. The maximum absolute atomic E-state index is 12.2. The predicted molar refractivity (Wildman–Crippen MR) is 121 cm³/mol. The summed E-state index contributed by atoms with van der Waals surface area (Å²) in [6.45, 7) is 0. The zero-order chi connectivity index (χ0) is 21.8. The van der Waals surface area contributed by atoms with Gasteiger partial charge in [-0.25, -0.2) is 4.98 Å². The third-order valence-corrected chi connectivity index (χ3v) is 6.05. The second kappa shape index (κ2) is 9.37. The van der Waals surface area contributed by atoms with E-state index in [9.17, 15) is 14.9 Å². The van der Waals surface area contributed by atoms with Crippen LogP contribution in [-0.2, 0) is 4.79 Å². The molecular formula is C19H12BrN5O4S2. The molecule has 0 spiro atoms. The number of rotatable bonds is 7. The van der Waals surface area contributed by atoms with Crippen molar-refractivity contribution in [1.29, 1.82) is 0 Å². The maximum atomic E-state index is 12.2. The first kappa shape index (κ1) is 21.2. The molecule has 4 aromatic rings. The third kappa shape index (κ3) is 5.34. The van der Waals surface area contributed by atoms with E-state index in [4.69, 9.17) is 4.42 Å². The van der Waals surface area contributed by atoms with Gasteiger partial charge in [-0.1, -0.05) is 27.7 Å². The molecule has 0 atom stereocenters. The third-order valence-electron chi connectivity index (χ3n) is 3.95. The molecule has 0 saturated heterocycles. The highest BCUT2D eigenvalue weighted by atomic mass is 79.9. The minimum Gasteiger partial charge on any atom is -0.411 e. The van der Waals surface area contributed by atoms with Gasteiger partial charge in [-0.2, -0.15) is 0 Å². The highest BCUT2D eigenvalue weighted by Crippen LogP contribution is 2.27. The smallest absolute Gasteiger partial charge is 0.277 e. The van der Waals surface area contributed by atoms with Crippen molar-refractivity contribution in [2.24, 2.45) is 0 Å². The Bertz CT molecular complexity index is 1220. The lowest BCUT2D eigenvalue weighted by molar-refractivity contribution is -0.384. The van der Waals surface area contributed by atoms with Gasteiger partial charge in [-0.05, 0) is 36.4 Å². The summed E-state index contributed by atoms with van der Waals surface area (Å²) >= 11 is 5.76. The average Bonchev–Trinajstić information content (AvgIpc) is 3.43. The van der Waals surface area contributed by atoms with Crippen LogP contribution < -0.4 is 5.32 Å². The maximum Gasteiger partial charge on any atom is 0.277 e. The van der Waals surface area contributed by atoms with Crippen molar-refractivity contribution in [3.05, 3.63) is 68.5 Å². The second-order valence-corrected chi connectivity index (χ2v) is 8.76. The highest BCUT2D eigenvalue weighted by molar-refractivity contribution is 9.10. The number of carbonyl (C=O) groups excluding carboxylic acids is 1. The Morgan fingerprint density at radius 2 is 1.84 bits per heavy atom. The van der Waals surface area contributed by atoms with E-state index in [0.29, 0.717) is 21.9 Å². The van der Waals surface area contributed by atoms with E-state index < -0.39 is 4.92 Å². The number of halogens is 1. The fourth-order valence-corrected chi connectivity index (χ4v) is 4.04. The molecule has 9 nitrogen and oxygen atoms in total. The summed E-state index contributed by atoms with van der Waals surface area (Å²) in [7, 11) is 0. The molecule has 0 saturated carbocycles. The lowest BCUT2D eigenvalue weighted by atomic mass is 10.1. The molecule has 0 unspecified atom stereocenters. The van der Waals surface area contributed by atoms with Gasteiger partial charge >= 0.3 is 0 Å². The van der Waals surface area contributed by atoms with Crippen molar-refractivity contribution >= 4 is 55.8 Å². The van der Waals surface area contributed by atoms with Crippen molar-refractivity contribution in [2.75, 3.05) is 11.1 Å². The van der Waals surface area contributed by atoms with Crippen molar-refractivity contribution in [3.8, 4) is 22.7 Å². The van der Waals surface area contributed by atoms with Gasteiger partial charge in [-0.3, -0.25) is 14.9 Å². The number of hydrogen-bond acceptors (Lipinski definition) is 9. The lowest BCUT2D eigenvalue weighted by Gasteiger charge is -1.99.